The second-order valence-corrected chi connectivity index (χ2v) is 8.60. The topological polar surface area (TPSA) is 66.5 Å². The first-order valence-corrected chi connectivity index (χ1v) is 11.3. The van der Waals surface area contributed by atoms with E-state index in [0.717, 1.165) is 38.5 Å². The number of hydrogen-bond acceptors (Lipinski definition) is 3. The molecule has 0 aliphatic heterocycles. The number of carbonyl (C=O) groups is 1. The number of carbonyl (C=O) groups excluding carboxylic acids is 1. The minimum absolute atomic E-state index is 0.00274. The lowest BCUT2D eigenvalue weighted by Crippen LogP contribution is -2.32. The summed E-state index contributed by atoms with van der Waals surface area (Å²) in [5.74, 6) is 0.0121. The maximum atomic E-state index is 12.8. The van der Waals surface area contributed by atoms with Gasteiger partial charge in [-0.25, -0.2) is 8.42 Å². The highest BCUT2D eigenvalue weighted by atomic mass is 32.2. The van der Waals surface area contributed by atoms with Crippen LogP contribution in [0.25, 0.3) is 0 Å². The summed E-state index contributed by atoms with van der Waals surface area (Å²) in [5.41, 5.74) is 0.640. The summed E-state index contributed by atoms with van der Waals surface area (Å²) >= 11 is 0. The number of nitrogens with one attached hydrogen (secondary N) is 1. The molecule has 1 aromatic rings. The molecule has 0 heterocycles. The van der Waals surface area contributed by atoms with Crippen molar-refractivity contribution in [1.82, 2.24) is 4.31 Å². The lowest BCUT2D eigenvalue weighted by Gasteiger charge is -2.21. The van der Waals surface area contributed by atoms with Crippen LogP contribution >= 0.6 is 0 Å². The number of benzene rings is 1. The van der Waals surface area contributed by atoms with E-state index in [1.54, 1.807) is 24.3 Å². The number of anilines is 1. The van der Waals surface area contributed by atoms with E-state index in [1.807, 2.05) is 20.8 Å². The quantitative estimate of drug-likeness (QED) is 0.572. The van der Waals surface area contributed by atoms with Crippen molar-refractivity contribution in [3.63, 3.8) is 0 Å². The van der Waals surface area contributed by atoms with E-state index >= 15 is 0 Å². The molecule has 1 rings (SSSR count). The zero-order valence-electron chi connectivity index (χ0n) is 16.6. The first kappa shape index (κ1) is 22.6. The van der Waals surface area contributed by atoms with Crippen molar-refractivity contribution in [1.29, 1.82) is 0 Å². The molecular weight excluding hydrogens is 348 g/mol. The molecule has 6 heteroatoms. The SMILES string of the molecule is CCCC[C@@H](CC)C(=O)Nc1ccc(S(=O)(=O)N(CCC)CCC)cc1. The molecule has 0 unspecified atom stereocenters. The van der Waals surface area contributed by atoms with Crippen LogP contribution in [0.2, 0.25) is 0 Å². The first-order chi connectivity index (χ1) is 12.4. The Kier molecular flexibility index (Phi) is 9.88. The summed E-state index contributed by atoms with van der Waals surface area (Å²) in [7, 11) is -3.48. The highest BCUT2D eigenvalue weighted by molar-refractivity contribution is 7.89. The van der Waals surface area contributed by atoms with Crippen LogP contribution in [0, 0.1) is 5.92 Å². The van der Waals surface area contributed by atoms with Gasteiger partial charge in [-0.2, -0.15) is 4.31 Å². The van der Waals surface area contributed by atoms with Crippen molar-refractivity contribution in [3.8, 4) is 0 Å². The highest BCUT2D eigenvalue weighted by Gasteiger charge is 2.23. The van der Waals surface area contributed by atoms with E-state index in [0.29, 0.717) is 18.8 Å². The summed E-state index contributed by atoms with van der Waals surface area (Å²) in [4.78, 5) is 12.6. The first-order valence-electron chi connectivity index (χ1n) is 9.81. The number of nitrogens with zero attached hydrogens (tertiary/aromatic N) is 1. The lowest BCUT2D eigenvalue weighted by molar-refractivity contribution is -0.120. The van der Waals surface area contributed by atoms with E-state index in [-0.39, 0.29) is 16.7 Å². The highest BCUT2D eigenvalue weighted by Crippen LogP contribution is 2.21. The number of sulfonamides is 1. The number of rotatable bonds is 12. The average Bonchev–Trinajstić information content (AvgIpc) is 2.62. The molecule has 0 saturated heterocycles. The number of hydrogen-bond donors (Lipinski definition) is 1. The van der Waals surface area contributed by atoms with Crippen LogP contribution in [0.1, 0.15) is 66.2 Å². The standard InChI is InChI=1S/C20H34N2O3S/c1-5-9-10-17(8-4)20(23)21-18-11-13-19(14-12-18)26(24,25)22(15-6-2)16-7-3/h11-14,17H,5-10,15-16H2,1-4H3,(H,21,23)/t17-/m1/s1. The summed E-state index contributed by atoms with van der Waals surface area (Å²) in [6.45, 7) is 9.11. The fraction of sp³-hybridized carbons (Fsp3) is 0.650. The van der Waals surface area contributed by atoms with Crippen molar-refractivity contribution in [3.05, 3.63) is 24.3 Å². The number of unbranched alkanes of at least 4 members (excludes halogenated alkanes) is 1. The molecule has 1 aromatic carbocycles. The van der Waals surface area contributed by atoms with Gasteiger partial charge < -0.3 is 5.32 Å². The molecule has 1 atom stereocenters. The predicted molar refractivity (Wildman–Crippen MR) is 108 cm³/mol. The maximum Gasteiger partial charge on any atom is 0.243 e. The smallest absolute Gasteiger partial charge is 0.243 e. The van der Waals surface area contributed by atoms with Gasteiger partial charge in [0.2, 0.25) is 15.9 Å². The second-order valence-electron chi connectivity index (χ2n) is 6.67. The van der Waals surface area contributed by atoms with Gasteiger partial charge in [0, 0.05) is 24.7 Å². The van der Waals surface area contributed by atoms with Crippen LogP contribution in [0.4, 0.5) is 5.69 Å². The van der Waals surface area contributed by atoms with Gasteiger partial charge in [0.1, 0.15) is 0 Å². The molecule has 0 radical (unpaired) electrons. The van der Waals surface area contributed by atoms with Gasteiger partial charge in [0.15, 0.2) is 0 Å². The van der Waals surface area contributed by atoms with E-state index in [2.05, 4.69) is 12.2 Å². The Morgan fingerprint density at radius 2 is 1.58 bits per heavy atom. The molecule has 1 N–H and O–H groups in total. The molecule has 0 aliphatic rings. The van der Waals surface area contributed by atoms with Gasteiger partial charge in [-0.3, -0.25) is 4.79 Å². The van der Waals surface area contributed by atoms with Gasteiger partial charge in [0.05, 0.1) is 4.90 Å². The molecule has 26 heavy (non-hydrogen) atoms. The Labute approximate surface area is 159 Å². The Bertz CT molecular complexity index is 636. The minimum Gasteiger partial charge on any atom is -0.326 e. The third-order valence-corrected chi connectivity index (χ3v) is 6.39. The molecule has 148 valence electrons. The molecule has 0 fully saturated rings. The van der Waals surface area contributed by atoms with Gasteiger partial charge in [-0.05, 0) is 49.9 Å². The molecule has 0 spiro atoms. The summed E-state index contributed by atoms with van der Waals surface area (Å²) in [6.07, 6.45) is 5.36. The zero-order valence-corrected chi connectivity index (χ0v) is 17.4. The van der Waals surface area contributed by atoms with Crippen molar-refractivity contribution in [2.75, 3.05) is 18.4 Å². The van der Waals surface area contributed by atoms with E-state index in [1.165, 1.54) is 4.31 Å². The lowest BCUT2D eigenvalue weighted by atomic mass is 9.98. The van der Waals surface area contributed by atoms with Crippen molar-refractivity contribution < 1.29 is 13.2 Å². The fourth-order valence-electron chi connectivity index (χ4n) is 2.93. The second kappa shape index (κ2) is 11.3. The third-order valence-electron chi connectivity index (χ3n) is 4.48. The van der Waals surface area contributed by atoms with E-state index in [9.17, 15) is 13.2 Å². The number of amides is 1. The van der Waals surface area contributed by atoms with Crippen molar-refractivity contribution in [2.45, 2.75) is 71.1 Å². The molecule has 5 nitrogen and oxygen atoms in total. The van der Waals surface area contributed by atoms with Crippen LogP contribution in [-0.4, -0.2) is 31.7 Å². The normalized spacial score (nSPS) is 13.0. The molecule has 1 amide bonds. The van der Waals surface area contributed by atoms with Crippen molar-refractivity contribution >= 4 is 21.6 Å². The Hall–Kier alpha value is -1.40. The van der Waals surface area contributed by atoms with Crippen LogP contribution in [-0.2, 0) is 14.8 Å². The van der Waals surface area contributed by atoms with Crippen LogP contribution < -0.4 is 5.32 Å². The Morgan fingerprint density at radius 1 is 1.00 bits per heavy atom. The van der Waals surface area contributed by atoms with Gasteiger partial charge >= 0.3 is 0 Å². The molecule has 0 saturated carbocycles. The molecule has 0 aliphatic carbocycles. The summed E-state index contributed by atoms with van der Waals surface area (Å²) < 4.78 is 27.0. The molecular formula is C20H34N2O3S. The fourth-order valence-corrected chi connectivity index (χ4v) is 4.55. The van der Waals surface area contributed by atoms with Crippen molar-refractivity contribution in [2.24, 2.45) is 5.92 Å². The van der Waals surface area contributed by atoms with Crippen LogP contribution in [0.15, 0.2) is 29.2 Å². The summed E-state index contributed by atoms with van der Waals surface area (Å²) in [5, 5.41) is 2.91. The van der Waals surface area contributed by atoms with Gasteiger partial charge in [0.25, 0.3) is 0 Å². The average molecular weight is 383 g/mol. The molecule has 0 aromatic heterocycles. The largest absolute Gasteiger partial charge is 0.326 e. The monoisotopic (exact) mass is 382 g/mol. The van der Waals surface area contributed by atoms with Crippen LogP contribution in [0.5, 0.6) is 0 Å². The molecule has 0 bridgehead atoms. The van der Waals surface area contributed by atoms with E-state index in [4.69, 9.17) is 0 Å². The van der Waals surface area contributed by atoms with Crippen LogP contribution in [0.3, 0.4) is 0 Å². The minimum atomic E-state index is -3.48. The maximum absolute atomic E-state index is 12.8. The van der Waals surface area contributed by atoms with Gasteiger partial charge in [-0.1, -0.05) is 40.5 Å². The van der Waals surface area contributed by atoms with Gasteiger partial charge in [-0.15, -0.1) is 0 Å². The third kappa shape index (κ3) is 6.40. The predicted octanol–water partition coefficient (Wildman–Crippen LogP) is 4.65. The Balaban J connectivity index is 2.85. The Morgan fingerprint density at radius 3 is 2.04 bits per heavy atom. The van der Waals surface area contributed by atoms with E-state index < -0.39 is 10.0 Å². The zero-order chi connectivity index (χ0) is 19.6. The summed E-state index contributed by atoms with van der Waals surface area (Å²) in [6, 6.07) is 6.51.